The molecule has 1 aromatic carbocycles. The molecule has 0 bridgehead atoms. The predicted octanol–water partition coefficient (Wildman–Crippen LogP) is 3.30. The van der Waals surface area contributed by atoms with Gasteiger partial charge in [0.1, 0.15) is 11.6 Å². The molecule has 1 heterocycles. The molecule has 0 aliphatic carbocycles. The van der Waals surface area contributed by atoms with Crippen LogP contribution in [-0.2, 0) is 13.1 Å². The van der Waals surface area contributed by atoms with Crippen LogP contribution in [0.1, 0.15) is 26.1 Å². The van der Waals surface area contributed by atoms with Crippen molar-refractivity contribution in [1.82, 2.24) is 9.55 Å². The smallest absolute Gasteiger partial charge is 0.128 e. The fraction of sp³-hybridized carbons (Fsp3) is 0.400. The van der Waals surface area contributed by atoms with Crippen molar-refractivity contribution in [1.29, 1.82) is 0 Å². The second-order valence-electron chi connectivity index (χ2n) is 4.35. The van der Waals surface area contributed by atoms with Gasteiger partial charge in [0.2, 0.25) is 0 Å². The molecule has 19 heavy (non-hydrogen) atoms. The molecule has 2 aromatic rings. The van der Waals surface area contributed by atoms with Gasteiger partial charge in [0.15, 0.2) is 0 Å². The molecular weight excluding hydrogens is 238 g/mol. The fourth-order valence-corrected chi connectivity index (χ4v) is 1.97. The third kappa shape index (κ3) is 3.74. The number of rotatable bonds is 7. The monoisotopic (exact) mass is 259 g/mol. The minimum atomic E-state index is 0.696. The summed E-state index contributed by atoms with van der Waals surface area (Å²) in [5.74, 6) is 1.97. The van der Waals surface area contributed by atoms with E-state index in [4.69, 9.17) is 4.74 Å². The van der Waals surface area contributed by atoms with Gasteiger partial charge in [-0.05, 0) is 37.6 Å². The minimum absolute atomic E-state index is 0.696. The van der Waals surface area contributed by atoms with E-state index in [1.807, 2.05) is 43.6 Å². The molecule has 1 aromatic heterocycles. The van der Waals surface area contributed by atoms with Gasteiger partial charge >= 0.3 is 0 Å². The van der Waals surface area contributed by atoms with E-state index in [9.17, 15) is 0 Å². The Labute approximate surface area is 114 Å². The van der Waals surface area contributed by atoms with Crippen LogP contribution in [0.15, 0.2) is 36.7 Å². The number of hydrogen-bond acceptors (Lipinski definition) is 3. The molecule has 0 saturated heterocycles. The van der Waals surface area contributed by atoms with Gasteiger partial charge in [-0.3, -0.25) is 0 Å². The second kappa shape index (κ2) is 6.83. The number of benzene rings is 1. The van der Waals surface area contributed by atoms with Gasteiger partial charge in [-0.15, -0.1) is 0 Å². The number of imidazole rings is 1. The first-order valence-corrected chi connectivity index (χ1v) is 6.80. The molecule has 0 atom stereocenters. The molecule has 1 N–H and O–H groups in total. The zero-order valence-corrected chi connectivity index (χ0v) is 11.6. The molecule has 0 aliphatic heterocycles. The van der Waals surface area contributed by atoms with Crippen LogP contribution < -0.4 is 10.1 Å². The van der Waals surface area contributed by atoms with Crippen molar-refractivity contribution in [2.75, 3.05) is 11.9 Å². The van der Waals surface area contributed by atoms with Crippen LogP contribution in [0.4, 0.5) is 5.69 Å². The summed E-state index contributed by atoms with van der Waals surface area (Å²) in [5.41, 5.74) is 1.08. The number of ether oxygens (including phenoxy) is 1. The van der Waals surface area contributed by atoms with Gasteiger partial charge in [0, 0.05) is 24.6 Å². The summed E-state index contributed by atoms with van der Waals surface area (Å²) in [6.45, 7) is 6.60. The van der Waals surface area contributed by atoms with Crippen molar-refractivity contribution in [3.8, 4) is 5.75 Å². The van der Waals surface area contributed by atoms with E-state index in [0.717, 1.165) is 36.8 Å². The Balaban J connectivity index is 1.92. The normalized spacial score (nSPS) is 10.4. The summed E-state index contributed by atoms with van der Waals surface area (Å²) in [6.07, 6.45) is 5.00. The maximum absolute atomic E-state index is 5.42. The number of anilines is 1. The van der Waals surface area contributed by atoms with Gasteiger partial charge in [0.05, 0.1) is 13.2 Å². The number of hydrogen-bond donors (Lipinski definition) is 1. The predicted molar refractivity (Wildman–Crippen MR) is 77.5 cm³/mol. The molecule has 102 valence electrons. The fourth-order valence-electron chi connectivity index (χ4n) is 1.97. The molecule has 0 spiro atoms. The highest BCUT2D eigenvalue weighted by atomic mass is 16.5. The van der Waals surface area contributed by atoms with E-state index in [-0.39, 0.29) is 0 Å². The third-order valence-corrected chi connectivity index (χ3v) is 2.88. The lowest BCUT2D eigenvalue weighted by Gasteiger charge is -2.09. The zero-order chi connectivity index (χ0) is 13.5. The van der Waals surface area contributed by atoms with Crippen molar-refractivity contribution < 1.29 is 4.74 Å². The molecule has 0 amide bonds. The Morgan fingerprint density at radius 2 is 2.00 bits per heavy atom. The van der Waals surface area contributed by atoms with E-state index >= 15 is 0 Å². The van der Waals surface area contributed by atoms with Crippen LogP contribution in [0.2, 0.25) is 0 Å². The Morgan fingerprint density at radius 1 is 1.21 bits per heavy atom. The lowest BCUT2D eigenvalue weighted by Crippen LogP contribution is -2.08. The summed E-state index contributed by atoms with van der Waals surface area (Å²) in [4.78, 5) is 4.37. The quantitative estimate of drug-likeness (QED) is 0.829. The number of aromatic nitrogens is 2. The number of aryl methyl sites for hydroxylation is 1. The highest BCUT2D eigenvalue weighted by Crippen LogP contribution is 2.16. The third-order valence-electron chi connectivity index (χ3n) is 2.88. The first-order valence-electron chi connectivity index (χ1n) is 6.80. The van der Waals surface area contributed by atoms with Crippen molar-refractivity contribution in [3.05, 3.63) is 42.5 Å². The maximum atomic E-state index is 5.42. The van der Waals surface area contributed by atoms with Gasteiger partial charge in [-0.1, -0.05) is 6.92 Å². The van der Waals surface area contributed by atoms with Gasteiger partial charge in [-0.2, -0.15) is 0 Å². The molecule has 2 rings (SSSR count). The summed E-state index contributed by atoms with van der Waals surface area (Å²) >= 11 is 0. The molecular formula is C15H21N3O. The molecule has 4 heteroatoms. The van der Waals surface area contributed by atoms with E-state index in [1.165, 1.54) is 0 Å². The van der Waals surface area contributed by atoms with E-state index in [1.54, 1.807) is 0 Å². The van der Waals surface area contributed by atoms with Gasteiger partial charge in [0.25, 0.3) is 0 Å². The Bertz CT molecular complexity index is 490. The summed E-state index contributed by atoms with van der Waals surface area (Å²) < 4.78 is 7.60. The summed E-state index contributed by atoms with van der Waals surface area (Å²) in [5, 5.41) is 3.38. The largest absolute Gasteiger partial charge is 0.494 e. The van der Waals surface area contributed by atoms with Crippen LogP contribution in [0.5, 0.6) is 5.75 Å². The highest BCUT2D eigenvalue weighted by molar-refractivity contribution is 5.46. The first-order chi connectivity index (χ1) is 9.33. The second-order valence-corrected chi connectivity index (χ2v) is 4.35. The lowest BCUT2D eigenvalue weighted by molar-refractivity contribution is 0.340. The topological polar surface area (TPSA) is 39.1 Å². The Morgan fingerprint density at radius 3 is 2.68 bits per heavy atom. The van der Waals surface area contributed by atoms with E-state index < -0.39 is 0 Å². The van der Waals surface area contributed by atoms with Crippen LogP contribution in [0.25, 0.3) is 0 Å². The van der Waals surface area contributed by atoms with Crippen molar-refractivity contribution in [2.24, 2.45) is 0 Å². The maximum Gasteiger partial charge on any atom is 0.128 e. The van der Waals surface area contributed by atoms with Crippen LogP contribution in [-0.4, -0.2) is 16.2 Å². The number of nitrogens with zero attached hydrogens (tertiary/aromatic N) is 2. The Kier molecular flexibility index (Phi) is 4.84. The average Bonchev–Trinajstić information content (AvgIpc) is 2.86. The van der Waals surface area contributed by atoms with E-state index in [0.29, 0.717) is 6.61 Å². The molecule has 0 saturated carbocycles. The molecule has 0 radical (unpaired) electrons. The Hall–Kier alpha value is -1.97. The van der Waals surface area contributed by atoms with Crippen LogP contribution in [0, 0.1) is 0 Å². The number of nitrogens with one attached hydrogen (secondary N) is 1. The summed E-state index contributed by atoms with van der Waals surface area (Å²) in [7, 11) is 0. The van der Waals surface area contributed by atoms with Crippen LogP contribution in [0.3, 0.4) is 0 Å². The molecule has 4 nitrogen and oxygen atoms in total. The van der Waals surface area contributed by atoms with Gasteiger partial charge in [-0.25, -0.2) is 4.98 Å². The summed E-state index contributed by atoms with van der Waals surface area (Å²) in [6, 6.07) is 8.00. The highest BCUT2D eigenvalue weighted by Gasteiger charge is 2.01. The van der Waals surface area contributed by atoms with Crippen LogP contribution >= 0.6 is 0 Å². The zero-order valence-electron chi connectivity index (χ0n) is 11.6. The molecule has 0 fully saturated rings. The standard InChI is InChI=1S/C15H21N3O/c1-3-10-18-11-9-16-15(18)12-17-13-5-7-14(8-6-13)19-4-2/h5-9,11,17H,3-4,10,12H2,1-2H3. The first kappa shape index (κ1) is 13.5. The van der Waals surface area contributed by atoms with Crippen molar-refractivity contribution in [3.63, 3.8) is 0 Å². The van der Waals surface area contributed by atoms with E-state index in [2.05, 4.69) is 21.8 Å². The average molecular weight is 259 g/mol. The molecule has 0 unspecified atom stereocenters. The molecule has 0 aliphatic rings. The van der Waals surface area contributed by atoms with Crippen molar-refractivity contribution >= 4 is 5.69 Å². The SMILES string of the molecule is CCCn1ccnc1CNc1ccc(OCC)cc1. The minimum Gasteiger partial charge on any atom is -0.494 e. The van der Waals surface area contributed by atoms with Gasteiger partial charge < -0.3 is 14.6 Å². The lowest BCUT2D eigenvalue weighted by atomic mass is 10.3. The van der Waals surface area contributed by atoms with Crippen molar-refractivity contribution in [2.45, 2.75) is 33.4 Å².